The van der Waals surface area contributed by atoms with Gasteiger partial charge in [0, 0.05) is 11.8 Å². The van der Waals surface area contributed by atoms with Gasteiger partial charge in [0.2, 0.25) is 0 Å². The third kappa shape index (κ3) is 3.12. The molecule has 0 aromatic rings. The summed E-state index contributed by atoms with van der Waals surface area (Å²) >= 11 is 0. The standard InChI is InChI=1S/C7H13NO2/c1-5(2)6(8)4-7(9)10-3/h4-5H,8H2,1-3H3/b6-4-. The highest BCUT2D eigenvalue weighted by Gasteiger charge is 2.00. The fourth-order valence-corrected chi connectivity index (χ4v) is 0.362. The minimum atomic E-state index is -0.397. The zero-order valence-electron chi connectivity index (χ0n) is 6.55. The maximum Gasteiger partial charge on any atom is 0.332 e. The fraction of sp³-hybridized carbons (Fsp3) is 0.571. The SMILES string of the molecule is COC(=O)/C=C(\N)C(C)C. The highest BCUT2D eigenvalue weighted by atomic mass is 16.5. The van der Waals surface area contributed by atoms with Crippen molar-refractivity contribution in [2.75, 3.05) is 7.11 Å². The third-order valence-corrected chi connectivity index (χ3v) is 1.15. The topological polar surface area (TPSA) is 52.3 Å². The number of hydrogen-bond donors (Lipinski definition) is 1. The van der Waals surface area contributed by atoms with Gasteiger partial charge in [-0.05, 0) is 5.92 Å². The van der Waals surface area contributed by atoms with Crippen molar-refractivity contribution < 1.29 is 9.53 Å². The molecule has 3 nitrogen and oxygen atoms in total. The van der Waals surface area contributed by atoms with Gasteiger partial charge >= 0.3 is 5.97 Å². The molecule has 0 fully saturated rings. The Labute approximate surface area is 60.9 Å². The maximum absolute atomic E-state index is 10.5. The first-order valence-electron chi connectivity index (χ1n) is 3.13. The predicted molar refractivity (Wildman–Crippen MR) is 39.1 cm³/mol. The number of carbonyl (C=O) groups is 1. The van der Waals surface area contributed by atoms with E-state index < -0.39 is 5.97 Å². The van der Waals surface area contributed by atoms with Gasteiger partial charge in [-0.15, -0.1) is 0 Å². The molecule has 0 aliphatic rings. The van der Waals surface area contributed by atoms with E-state index in [2.05, 4.69) is 4.74 Å². The van der Waals surface area contributed by atoms with Gasteiger partial charge in [-0.3, -0.25) is 0 Å². The minimum absolute atomic E-state index is 0.194. The number of rotatable bonds is 2. The normalized spacial score (nSPS) is 11.8. The Morgan fingerprint density at radius 1 is 1.60 bits per heavy atom. The van der Waals surface area contributed by atoms with E-state index in [-0.39, 0.29) is 5.92 Å². The molecular weight excluding hydrogens is 130 g/mol. The number of esters is 1. The average molecular weight is 143 g/mol. The summed E-state index contributed by atoms with van der Waals surface area (Å²) in [6.45, 7) is 3.82. The van der Waals surface area contributed by atoms with Gasteiger partial charge in [-0.1, -0.05) is 13.8 Å². The molecule has 10 heavy (non-hydrogen) atoms. The van der Waals surface area contributed by atoms with Gasteiger partial charge in [0.05, 0.1) is 7.11 Å². The van der Waals surface area contributed by atoms with Crippen molar-refractivity contribution in [2.45, 2.75) is 13.8 Å². The second kappa shape index (κ2) is 3.93. The summed E-state index contributed by atoms with van der Waals surface area (Å²) in [7, 11) is 1.33. The van der Waals surface area contributed by atoms with Crippen LogP contribution in [0.1, 0.15) is 13.8 Å². The lowest BCUT2D eigenvalue weighted by Gasteiger charge is -2.02. The predicted octanol–water partition coefficient (Wildman–Crippen LogP) is 0.658. The van der Waals surface area contributed by atoms with Crippen molar-refractivity contribution in [1.29, 1.82) is 0 Å². The van der Waals surface area contributed by atoms with Crippen molar-refractivity contribution in [3.05, 3.63) is 11.8 Å². The Balaban J connectivity index is 4.03. The molecule has 0 unspecified atom stereocenters. The van der Waals surface area contributed by atoms with Crippen LogP contribution in [-0.2, 0) is 9.53 Å². The summed E-state index contributed by atoms with van der Waals surface area (Å²) in [5.74, 6) is -0.203. The molecule has 0 atom stereocenters. The van der Waals surface area contributed by atoms with Crippen LogP contribution in [0.2, 0.25) is 0 Å². The average Bonchev–Trinajstić information content (AvgIpc) is 1.87. The van der Waals surface area contributed by atoms with Crippen LogP contribution in [0.3, 0.4) is 0 Å². The summed E-state index contributed by atoms with van der Waals surface area (Å²) < 4.78 is 4.38. The van der Waals surface area contributed by atoms with Crippen LogP contribution < -0.4 is 5.73 Å². The number of ether oxygens (including phenoxy) is 1. The first-order chi connectivity index (χ1) is 4.57. The van der Waals surface area contributed by atoms with Gasteiger partial charge in [0.1, 0.15) is 0 Å². The van der Waals surface area contributed by atoms with Crippen LogP contribution in [0.15, 0.2) is 11.8 Å². The molecule has 3 heteroatoms. The molecule has 0 radical (unpaired) electrons. The summed E-state index contributed by atoms with van der Waals surface area (Å²) in [5.41, 5.74) is 6.00. The lowest BCUT2D eigenvalue weighted by molar-refractivity contribution is -0.134. The van der Waals surface area contributed by atoms with Crippen LogP contribution in [0, 0.1) is 5.92 Å². The van der Waals surface area contributed by atoms with E-state index >= 15 is 0 Å². The van der Waals surface area contributed by atoms with Gasteiger partial charge in [-0.25, -0.2) is 4.79 Å². The van der Waals surface area contributed by atoms with Crippen LogP contribution >= 0.6 is 0 Å². The molecular formula is C7H13NO2. The molecule has 0 aromatic heterocycles. The Kier molecular flexibility index (Phi) is 3.54. The van der Waals surface area contributed by atoms with E-state index in [1.165, 1.54) is 13.2 Å². The fourth-order valence-electron chi connectivity index (χ4n) is 0.362. The molecule has 0 saturated carbocycles. The summed E-state index contributed by atoms with van der Waals surface area (Å²) in [6.07, 6.45) is 1.30. The van der Waals surface area contributed by atoms with E-state index in [1.54, 1.807) is 0 Å². The second-order valence-electron chi connectivity index (χ2n) is 2.32. The van der Waals surface area contributed by atoms with Crippen LogP contribution in [-0.4, -0.2) is 13.1 Å². The Morgan fingerprint density at radius 3 is 2.40 bits per heavy atom. The van der Waals surface area contributed by atoms with Crippen molar-refractivity contribution in [3.63, 3.8) is 0 Å². The van der Waals surface area contributed by atoms with Crippen molar-refractivity contribution in [2.24, 2.45) is 11.7 Å². The first-order valence-corrected chi connectivity index (χ1v) is 3.13. The van der Waals surface area contributed by atoms with Crippen LogP contribution in [0.5, 0.6) is 0 Å². The lowest BCUT2D eigenvalue weighted by atomic mass is 10.1. The van der Waals surface area contributed by atoms with Gasteiger partial charge in [0.15, 0.2) is 0 Å². The molecule has 58 valence electrons. The summed E-state index contributed by atoms with van der Waals surface area (Å²) in [6, 6.07) is 0. The van der Waals surface area contributed by atoms with Crippen LogP contribution in [0.4, 0.5) is 0 Å². The second-order valence-corrected chi connectivity index (χ2v) is 2.32. The largest absolute Gasteiger partial charge is 0.466 e. The highest BCUT2D eigenvalue weighted by Crippen LogP contribution is 2.01. The van der Waals surface area contributed by atoms with E-state index in [1.807, 2.05) is 13.8 Å². The monoisotopic (exact) mass is 143 g/mol. The quantitative estimate of drug-likeness (QED) is 0.456. The molecule has 0 rings (SSSR count). The number of allylic oxidation sites excluding steroid dienone is 1. The minimum Gasteiger partial charge on any atom is -0.466 e. The number of methoxy groups -OCH3 is 1. The van der Waals surface area contributed by atoms with Gasteiger partial charge < -0.3 is 10.5 Å². The summed E-state index contributed by atoms with van der Waals surface area (Å²) in [5, 5.41) is 0. The molecule has 0 amide bonds. The number of carbonyl (C=O) groups excluding carboxylic acids is 1. The maximum atomic E-state index is 10.5. The Bertz CT molecular complexity index is 150. The smallest absolute Gasteiger partial charge is 0.332 e. The molecule has 0 aliphatic heterocycles. The molecule has 0 aliphatic carbocycles. The third-order valence-electron chi connectivity index (χ3n) is 1.15. The van der Waals surface area contributed by atoms with Gasteiger partial charge in [0.25, 0.3) is 0 Å². The van der Waals surface area contributed by atoms with Crippen molar-refractivity contribution in [3.8, 4) is 0 Å². The Hall–Kier alpha value is -0.990. The van der Waals surface area contributed by atoms with E-state index in [9.17, 15) is 4.79 Å². The van der Waals surface area contributed by atoms with Gasteiger partial charge in [-0.2, -0.15) is 0 Å². The molecule has 2 N–H and O–H groups in total. The van der Waals surface area contributed by atoms with Crippen molar-refractivity contribution in [1.82, 2.24) is 0 Å². The molecule has 0 aromatic carbocycles. The number of hydrogen-bond acceptors (Lipinski definition) is 3. The molecule has 0 heterocycles. The lowest BCUT2D eigenvalue weighted by Crippen LogP contribution is -2.08. The number of nitrogens with two attached hydrogens (primary N) is 1. The molecule has 0 saturated heterocycles. The zero-order chi connectivity index (χ0) is 8.15. The first kappa shape index (κ1) is 9.01. The summed E-state index contributed by atoms with van der Waals surface area (Å²) in [4.78, 5) is 10.5. The molecule has 0 bridgehead atoms. The molecule has 0 spiro atoms. The van der Waals surface area contributed by atoms with E-state index in [0.717, 1.165) is 0 Å². The van der Waals surface area contributed by atoms with Crippen molar-refractivity contribution >= 4 is 5.97 Å². The highest BCUT2D eigenvalue weighted by molar-refractivity contribution is 5.82. The van der Waals surface area contributed by atoms with E-state index in [0.29, 0.717) is 5.70 Å². The van der Waals surface area contributed by atoms with E-state index in [4.69, 9.17) is 5.73 Å². The van der Waals surface area contributed by atoms with Crippen LogP contribution in [0.25, 0.3) is 0 Å². The zero-order valence-corrected chi connectivity index (χ0v) is 6.55. The Morgan fingerprint density at radius 2 is 2.10 bits per heavy atom.